The van der Waals surface area contributed by atoms with Crippen molar-refractivity contribution in [2.24, 2.45) is 5.73 Å². The van der Waals surface area contributed by atoms with E-state index >= 15 is 0 Å². The van der Waals surface area contributed by atoms with Crippen LogP contribution in [0.1, 0.15) is 40.0 Å². The molecule has 0 bridgehead atoms. The van der Waals surface area contributed by atoms with Crippen LogP contribution in [-0.4, -0.2) is 54.3 Å². The number of alkyl halides is 1. The molecule has 0 aliphatic carbocycles. The molecule has 1 aliphatic rings. The fourth-order valence-corrected chi connectivity index (χ4v) is 2.03. The molecule has 6 nitrogen and oxygen atoms in total. The fraction of sp³-hybridized carbons (Fsp3) is 0.857. The molecule has 2 amide bonds. The maximum Gasteiger partial charge on any atom is 0.408 e. The number of nitrogens with two attached hydrogens (primary N) is 1. The number of hydrogen-bond donors (Lipinski definition) is 2. The van der Waals surface area contributed by atoms with Crippen LogP contribution in [0.3, 0.4) is 0 Å². The van der Waals surface area contributed by atoms with E-state index in [1.54, 1.807) is 20.8 Å². The number of unbranched alkanes of at least 4 members (excludes halogenated alkanes) is 1. The molecule has 1 atom stereocenters. The molecular formula is C14H26FN3O3. The average Bonchev–Trinajstić information content (AvgIpc) is 2.31. The second-order valence-electron chi connectivity index (χ2n) is 6.32. The zero-order chi connectivity index (χ0) is 16.0. The summed E-state index contributed by atoms with van der Waals surface area (Å²) in [5, 5.41) is 2.58. The number of alkyl carbamates (subject to hydrolysis) is 1. The largest absolute Gasteiger partial charge is 0.444 e. The van der Waals surface area contributed by atoms with Crippen molar-refractivity contribution in [3.8, 4) is 0 Å². The van der Waals surface area contributed by atoms with Crippen molar-refractivity contribution in [2.45, 2.75) is 57.8 Å². The van der Waals surface area contributed by atoms with Gasteiger partial charge in [-0.1, -0.05) is 0 Å². The van der Waals surface area contributed by atoms with Crippen molar-refractivity contribution in [1.29, 1.82) is 0 Å². The molecule has 122 valence electrons. The maximum absolute atomic E-state index is 12.9. The van der Waals surface area contributed by atoms with E-state index in [0.29, 0.717) is 13.0 Å². The second kappa shape index (κ2) is 7.59. The van der Waals surface area contributed by atoms with Crippen molar-refractivity contribution in [1.82, 2.24) is 10.2 Å². The Hall–Kier alpha value is -1.37. The lowest BCUT2D eigenvalue weighted by Crippen LogP contribution is -2.58. The van der Waals surface area contributed by atoms with Gasteiger partial charge in [-0.25, -0.2) is 9.18 Å². The fourth-order valence-electron chi connectivity index (χ4n) is 2.03. The summed E-state index contributed by atoms with van der Waals surface area (Å²) in [6.07, 6.45) is 0.371. The molecule has 1 rings (SSSR count). The Labute approximate surface area is 125 Å². The maximum atomic E-state index is 12.9. The van der Waals surface area contributed by atoms with Gasteiger partial charge < -0.3 is 20.7 Å². The molecule has 1 heterocycles. The Kier molecular flexibility index (Phi) is 6.39. The number of ether oxygens (including phenoxy) is 1. The summed E-state index contributed by atoms with van der Waals surface area (Å²) < 4.78 is 18.0. The van der Waals surface area contributed by atoms with E-state index in [1.807, 2.05) is 0 Å². The molecule has 21 heavy (non-hydrogen) atoms. The van der Waals surface area contributed by atoms with E-state index in [1.165, 1.54) is 4.90 Å². The number of rotatable bonds is 6. The van der Waals surface area contributed by atoms with Gasteiger partial charge in [0.1, 0.15) is 17.8 Å². The standard InChI is InChI=1S/C14H26FN3O3/c1-14(2,3)21-13(20)17-11(6-4-5-7-16)12(19)18-8-10(15)9-18/h10-11H,4-9,16H2,1-3H3,(H,17,20)/t11-/m0/s1. The van der Waals surface area contributed by atoms with Crippen LogP contribution in [0.15, 0.2) is 0 Å². The monoisotopic (exact) mass is 303 g/mol. The van der Waals surface area contributed by atoms with Crippen molar-refractivity contribution in [3.05, 3.63) is 0 Å². The number of carbonyl (C=O) groups excluding carboxylic acids is 2. The Bertz CT molecular complexity index is 365. The normalized spacial score (nSPS) is 17.1. The molecule has 1 saturated heterocycles. The average molecular weight is 303 g/mol. The van der Waals surface area contributed by atoms with Crippen LogP contribution in [0.4, 0.5) is 9.18 Å². The molecule has 0 radical (unpaired) electrons. The van der Waals surface area contributed by atoms with E-state index in [2.05, 4.69) is 5.32 Å². The van der Waals surface area contributed by atoms with Gasteiger partial charge in [0.2, 0.25) is 5.91 Å². The van der Waals surface area contributed by atoms with E-state index < -0.39 is 23.9 Å². The van der Waals surface area contributed by atoms with Gasteiger partial charge in [0.25, 0.3) is 0 Å². The molecule has 0 aromatic carbocycles. The molecule has 1 fully saturated rings. The summed E-state index contributed by atoms with van der Waals surface area (Å²) in [5.41, 5.74) is 4.80. The zero-order valence-electron chi connectivity index (χ0n) is 13.0. The van der Waals surface area contributed by atoms with Crippen LogP contribution < -0.4 is 11.1 Å². The molecule has 1 aliphatic heterocycles. The number of hydrogen-bond acceptors (Lipinski definition) is 4. The molecular weight excluding hydrogens is 277 g/mol. The molecule has 7 heteroatoms. The Balaban J connectivity index is 2.55. The zero-order valence-corrected chi connectivity index (χ0v) is 13.0. The summed E-state index contributed by atoms with van der Waals surface area (Å²) >= 11 is 0. The highest BCUT2D eigenvalue weighted by Crippen LogP contribution is 2.15. The Morgan fingerprint density at radius 2 is 2.00 bits per heavy atom. The molecule has 0 aromatic rings. The van der Waals surface area contributed by atoms with E-state index in [4.69, 9.17) is 10.5 Å². The van der Waals surface area contributed by atoms with Gasteiger partial charge in [-0.2, -0.15) is 0 Å². The van der Waals surface area contributed by atoms with Gasteiger partial charge >= 0.3 is 6.09 Å². The number of amides is 2. The van der Waals surface area contributed by atoms with Gasteiger partial charge in [-0.3, -0.25) is 4.79 Å². The van der Waals surface area contributed by atoms with Crippen LogP contribution in [0, 0.1) is 0 Å². The lowest BCUT2D eigenvalue weighted by Gasteiger charge is -2.37. The van der Waals surface area contributed by atoms with E-state index in [0.717, 1.165) is 12.8 Å². The van der Waals surface area contributed by atoms with Crippen molar-refractivity contribution >= 4 is 12.0 Å². The minimum Gasteiger partial charge on any atom is -0.444 e. The molecule has 0 spiro atoms. The number of carbonyl (C=O) groups is 2. The van der Waals surface area contributed by atoms with E-state index in [9.17, 15) is 14.0 Å². The van der Waals surface area contributed by atoms with Crippen LogP contribution in [0.25, 0.3) is 0 Å². The predicted octanol–water partition coefficient (Wildman–Crippen LogP) is 1.19. The Morgan fingerprint density at radius 1 is 1.38 bits per heavy atom. The lowest BCUT2D eigenvalue weighted by molar-refractivity contribution is -0.140. The van der Waals surface area contributed by atoms with Crippen molar-refractivity contribution in [2.75, 3.05) is 19.6 Å². The summed E-state index contributed by atoms with van der Waals surface area (Å²) in [4.78, 5) is 25.4. The number of nitrogens with one attached hydrogen (secondary N) is 1. The van der Waals surface area contributed by atoms with Crippen molar-refractivity contribution in [3.63, 3.8) is 0 Å². The quantitative estimate of drug-likeness (QED) is 0.722. The lowest BCUT2D eigenvalue weighted by atomic mass is 10.1. The first-order chi connectivity index (χ1) is 9.73. The summed E-state index contributed by atoms with van der Waals surface area (Å²) in [6.45, 7) is 5.98. The van der Waals surface area contributed by atoms with Gasteiger partial charge in [0.15, 0.2) is 0 Å². The molecule has 0 aromatic heterocycles. The highest BCUT2D eigenvalue weighted by Gasteiger charge is 2.35. The first-order valence-corrected chi connectivity index (χ1v) is 7.35. The summed E-state index contributed by atoms with van der Waals surface area (Å²) in [5.74, 6) is -0.258. The van der Waals surface area contributed by atoms with Crippen molar-refractivity contribution < 1.29 is 18.7 Å². The van der Waals surface area contributed by atoms with Crippen LogP contribution in [0.5, 0.6) is 0 Å². The van der Waals surface area contributed by atoms with Gasteiger partial charge in [-0.05, 0) is 46.6 Å². The highest BCUT2D eigenvalue weighted by atomic mass is 19.1. The van der Waals surface area contributed by atoms with Crippen LogP contribution in [0.2, 0.25) is 0 Å². The third-order valence-corrected chi connectivity index (χ3v) is 3.08. The minimum absolute atomic E-state index is 0.0994. The minimum atomic E-state index is -0.958. The number of halogens is 1. The van der Waals surface area contributed by atoms with Gasteiger partial charge in [0, 0.05) is 0 Å². The van der Waals surface area contributed by atoms with E-state index in [-0.39, 0.29) is 19.0 Å². The summed E-state index contributed by atoms with van der Waals surface area (Å²) in [6, 6.07) is -0.682. The topological polar surface area (TPSA) is 84.7 Å². The highest BCUT2D eigenvalue weighted by molar-refractivity contribution is 5.86. The smallest absolute Gasteiger partial charge is 0.408 e. The first kappa shape index (κ1) is 17.7. The third kappa shape index (κ3) is 6.29. The Morgan fingerprint density at radius 3 is 2.48 bits per heavy atom. The number of nitrogens with zero attached hydrogens (tertiary/aromatic N) is 1. The van der Waals surface area contributed by atoms with Gasteiger partial charge in [-0.15, -0.1) is 0 Å². The molecule has 3 N–H and O–H groups in total. The molecule has 0 saturated carbocycles. The van der Waals surface area contributed by atoms with Gasteiger partial charge in [0.05, 0.1) is 13.1 Å². The SMILES string of the molecule is CC(C)(C)OC(=O)N[C@@H](CCCCN)C(=O)N1CC(F)C1. The van der Waals surface area contributed by atoms with Crippen LogP contribution in [-0.2, 0) is 9.53 Å². The first-order valence-electron chi connectivity index (χ1n) is 7.35. The number of likely N-dealkylation sites (tertiary alicyclic amines) is 1. The van der Waals surface area contributed by atoms with Crippen LogP contribution >= 0.6 is 0 Å². The molecule has 0 unspecified atom stereocenters. The predicted molar refractivity (Wildman–Crippen MR) is 77.5 cm³/mol. The second-order valence-corrected chi connectivity index (χ2v) is 6.32. The summed E-state index contributed by atoms with van der Waals surface area (Å²) in [7, 11) is 0. The third-order valence-electron chi connectivity index (χ3n) is 3.08.